The number of aliphatic hydroxyl groups is 1. The van der Waals surface area contributed by atoms with Crippen molar-refractivity contribution in [2.24, 2.45) is 23.7 Å². The molecule has 15 heavy (non-hydrogen) atoms. The minimum absolute atomic E-state index is 0.0822. The minimum atomic E-state index is -1.81. The van der Waals surface area contributed by atoms with Crippen molar-refractivity contribution in [2.75, 3.05) is 0 Å². The average Bonchev–Trinajstić information content (AvgIpc) is 2.10. The number of hydrogen-bond donors (Lipinski definition) is 1. The zero-order chi connectivity index (χ0) is 10.8. The molecule has 4 aliphatic carbocycles. The first-order chi connectivity index (χ1) is 6.97. The molecule has 2 heteroatoms. The van der Waals surface area contributed by atoms with Gasteiger partial charge < -0.3 is 0 Å². The molecule has 4 saturated carbocycles. The first kappa shape index (κ1) is 10.9. The SMILES string of the molecule is [CH3][Sn]([CH3])([CH3])[C@H]1C2CC3CC(C2)[C@@H](O)C1C3. The molecule has 0 spiro atoms. The third-order valence-corrected chi connectivity index (χ3v) is 13.6. The Labute approximate surface area is 97.5 Å². The van der Waals surface area contributed by atoms with E-state index in [2.05, 4.69) is 14.8 Å². The van der Waals surface area contributed by atoms with Crippen molar-refractivity contribution in [1.82, 2.24) is 0 Å². The summed E-state index contributed by atoms with van der Waals surface area (Å²) in [5.74, 6) is 3.42. The molecule has 4 rings (SSSR count). The molecule has 6 atom stereocenters. The summed E-state index contributed by atoms with van der Waals surface area (Å²) in [5.41, 5.74) is 0. The Morgan fingerprint density at radius 2 is 1.60 bits per heavy atom. The summed E-state index contributed by atoms with van der Waals surface area (Å²) in [6.45, 7) is 0. The number of aliphatic hydroxyl groups excluding tert-OH is 1. The molecule has 0 saturated heterocycles. The van der Waals surface area contributed by atoms with Crippen LogP contribution in [0, 0.1) is 23.7 Å². The standard InChI is InChI=1S/C10H15O.3CH3.Sn/c11-10-8-2-6-1-7(4-8)5-9(10)3-6;;;;/h2,6-11H,1,3-5H2;3*1H3;/t6?,7?,8?,9?,10-;;;;/m0..../s1. The van der Waals surface area contributed by atoms with Gasteiger partial charge in [-0.3, -0.25) is 0 Å². The van der Waals surface area contributed by atoms with E-state index in [9.17, 15) is 5.11 Å². The Morgan fingerprint density at radius 1 is 0.933 bits per heavy atom. The van der Waals surface area contributed by atoms with Gasteiger partial charge in [-0.05, 0) is 0 Å². The zero-order valence-corrected chi connectivity index (χ0v) is 13.1. The third-order valence-electron chi connectivity index (χ3n) is 5.37. The van der Waals surface area contributed by atoms with E-state index in [1.807, 2.05) is 0 Å². The van der Waals surface area contributed by atoms with E-state index in [0.29, 0.717) is 5.92 Å². The molecule has 4 aliphatic rings. The van der Waals surface area contributed by atoms with E-state index < -0.39 is 18.4 Å². The Bertz CT molecular complexity index is 270. The second-order valence-corrected chi connectivity index (χ2v) is 22.8. The van der Waals surface area contributed by atoms with Gasteiger partial charge in [-0.15, -0.1) is 0 Å². The second kappa shape index (κ2) is 3.38. The van der Waals surface area contributed by atoms with Crippen LogP contribution in [0.1, 0.15) is 25.7 Å². The van der Waals surface area contributed by atoms with Crippen LogP contribution in [-0.2, 0) is 0 Å². The number of hydrogen-bond acceptors (Lipinski definition) is 1. The van der Waals surface area contributed by atoms with Gasteiger partial charge in [0.1, 0.15) is 0 Å². The van der Waals surface area contributed by atoms with Crippen LogP contribution in [0.4, 0.5) is 0 Å². The molecular weight excluding hydrogens is 291 g/mol. The molecule has 4 fully saturated rings. The van der Waals surface area contributed by atoms with Crippen LogP contribution in [0.25, 0.3) is 0 Å². The van der Waals surface area contributed by atoms with Gasteiger partial charge in [-0.1, -0.05) is 0 Å². The van der Waals surface area contributed by atoms with Crippen LogP contribution in [0.15, 0.2) is 0 Å². The van der Waals surface area contributed by atoms with Crippen LogP contribution in [0.5, 0.6) is 0 Å². The quantitative estimate of drug-likeness (QED) is 0.737. The van der Waals surface area contributed by atoms with Crippen molar-refractivity contribution in [3.63, 3.8) is 0 Å². The van der Waals surface area contributed by atoms with Crippen molar-refractivity contribution in [1.29, 1.82) is 0 Å². The summed E-state index contributed by atoms with van der Waals surface area (Å²) in [6, 6.07) is 0. The molecule has 4 bridgehead atoms. The maximum absolute atomic E-state index is 10.4. The summed E-state index contributed by atoms with van der Waals surface area (Å²) in [6.07, 6.45) is 5.68. The van der Waals surface area contributed by atoms with Gasteiger partial charge >= 0.3 is 97.7 Å². The summed E-state index contributed by atoms with van der Waals surface area (Å²) in [5, 5.41) is 10.4. The Hall–Kier alpha value is 0.759. The van der Waals surface area contributed by atoms with Crippen molar-refractivity contribution in [2.45, 2.75) is 50.5 Å². The van der Waals surface area contributed by atoms with Gasteiger partial charge in [0.15, 0.2) is 0 Å². The van der Waals surface area contributed by atoms with Crippen molar-refractivity contribution < 1.29 is 5.11 Å². The predicted molar refractivity (Wildman–Crippen MR) is 65.5 cm³/mol. The van der Waals surface area contributed by atoms with Gasteiger partial charge in [0.25, 0.3) is 0 Å². The van der Waals surface area contributed by atoms with Gasteiger partial charge in [0.05, 0.1) is 0 Å². The molecule has 86 valence electrons. The van der Waals surface area contributed by atoms with E-state index in [1.54, 1.807) is 0 Å². The molecular formula is C13H24OSn. The summed E-state index contributed by atoms with van der Waals surface area (Å²) < 4.78 is 0.988. The molecule has 0 radical (unpaired) electrons. The van der Waals surface area contributed by atoms with Gasteiger partial charge in [0.2, 0.25) is 0 Å². The topological polar surface area (TPSA) is 20.2 Å². The van der Waals surface area contributed by atoms with Gasteiger partial charge in [0, 0.05) is 0 Å². The molecule has 1 nitrogen and oxygen atoms in total. The maximum atomic E-state index is 10.4. The van der Waals surface area contributed by atoms with Crippen molar-refractivity contribution in [3.05, 3.63) is 0 Å². The van der Waals surface area contributed by atoms with Crippen LogP contribution in [-0.4, -0.2) is 29.6 Å². The monoisotopic (exact) mass is 316 g/mol. The van der Waals surface area contributed by atoms with Crippen LogP contribution in [0.3, 0.4) is 0 Å². The van der Waals surface area contributed by atoms with E-state index in [-0.39, 0.29) is 6.10 Å². The molecule has 0 aliphatic heterocycles. The van der Waals surface area contributed by atoms with E-state index in [0.717, 1.165) is 21.7 Å². The fourth-order valence-corrected chi connectivity index (χ4v) is 14.7. The molecule has 0 amide bonds. The Kier molecular flexibility index (Phi) is 2.45. The van der Waals surface area contributed by atoms with Crippen molar-refractivity contribution in [3.8, 4) is 0 Å². The van der Waals surface area contributed by atoms with E-state index in [4.69, 9.17) is 0 Å². The summed E-state index contributed by atoms with van der Waals surface area (Å²) in [4.78, 5) is 7.73. The van der Waals surface area contributed by atoms with E-state index in [1.165, 1.54) is 25.7 Å². The molecule has 0 aromatic carbocycles. The van der Waals surface area contributed by atoms with Crippen LogP contribution < -0.4 is 0 Å². The van der Waals surface area contributed by atoms with Crippen LogP contribution in [0.2, 0.25) is 18.8 Å². The zero-order valence-electron chi connectivity index (χ0n) is 10.2. The van der Waals surface area contributed by atoms with Gasteiger partial charge in [-0.2, -0.15) is 0 Å². The first-order valence-corrected chi connectivity index (χ1v) is 16.9. The summed E-state index contributed by atoms with van der Waals surface area (Å²) >= 11 is -1.81. The first-order valence-electron chi connectivity index (χ1n) is 6.65. The predicted octanol–water partition coefficient (Wildman–Crippen LogP) is 3.12. The molecule has 0 aromatic heterocycles. The van der Waals surface area contributed by atoms with Crippen molar-refractivity contribution >= 4 is 18.4 Å². The fourth-order valence-electron chi connectivity index (χ4n) is 5.23. The summed E-state index contributed by atoms with van der Waals surface area (Å²) in [7, 11) is 0. The molecule has 0 aromatic rings. The van der Waals surface area contributed by atoms with Gasteiger partial charge in [-0.25, -0.2) is 0 Å². The third kappa shape index (κ3) is 1.60. The average molecular weight is 315 g/mol. The van der Waals surface area contributed by atoms with E-state index >= 15 is 0 Å². The molecule has 0 heterocycles. The number of rotatable bonds is 1. The Morgan fingerprint density at radius 3 is 2.27 bits per heavy atom. The normalized spacial score (nSPS) is 53.6. The molecule has 4 unspecified atom stereocenters. The van der Waals surface area contributed by atoms with Crippen LogP contribution >= 0.6 is 0 Å². The second-order valence-electron chi connectivity index (χ2n) is 7.38. The molecule has 1 N–H and O–H groups in total. The Balaban J connectivity index is 1.92. The fraction of sp³-hybridized carbons (Fsp3) is 1.00.